The van der Waals surface area contributed by atoms with Gasteiger partial charge in [0, 0.05) is 0 Å². The van der Waals surface area contributed by atoms with Gasteiger partial charge in [0.25, 0.3) is 0 Å². The summed E-state index contributed by atoms with van der Waals surface area (Å²) in [6.07, 6.45) is 8.90. The van der Waals surface area contributed by atoms with Gasteiger partial charge in [-0.25, -0.2) is 0 Å². The van der Waals surface area contributed by atoms with Gasteiger partial charge in [0.15, 0.2) is 0 Å². The van der Waals surface area contributed by atoms with Gasteiger partial charge in [-0.2, -0.15) is 0 Å². The zero-order chi connectivity index (χ0) is 14.7. The molecule has 0 aromatic heterocycles. The Morgan fingerprint density at radius 3 is 1.79 bits per heavy atom. The molecule has 0 nitrogen and oxygen atoms in total. The maximum absolute atomic E-state index is 6.03. The molecule has 0 rings (SSSR count). The second-order valence-electron chi connectivity index (χ2n) is 4.13. The average Bonchev–Trinajstić information content (AvgIpc) is 2.39. The summed E-state index contributed by atoms with van der Waals surface area (Å²) >= 11 is 30.3. The van der Waals surface area contributed by atoms with Crippen molar-refractivity contribution in [3.05, 3.63) is 18.9 Å². The van der Waals surface area contributed by atoms with Crippen LogP contribution in [0.4, 0.5) is 0 Å². The molecule has 6 heteroatoms. The molecule has 0 aliphatic rings. The lowest BCUT2D eigenvalue weighted by Gasteiger charge is -2.04. The predicted octanol–water partition coefficient (Wildman–Crippen LogP) is 8.00. The van der Waals surface area contributed by atoms with Gasteiger partial charge in [0.1, 0.15) is 4.49 Å². The standard InChI is InChI=1S/C13H19Cl5S/c1-2-3-4-5-6-7-8-9-19-13(18)11(15)10(14)12(16)17/h2-9H2,1H3/b13-11+. The maximum atomic E-state index is 6.03. The molecule has 19 heavy (non-hydrogen) atoms. The van der Waals surface area contributed by atoms with Crippen LogP contribution in [-0.4, -0.2) is 5.75 Å². The summed E-state index contributed by atoms with van der Waals surface area (Å²) in [7, 11) is 0. The number of halogens is 5. The maximum Gasteiger partial charge on any atom is 0.127 e. The van der Waals surface area contributed by atoms with Gasteiger partial charge in [0.2, 0.25) is 0 Å². The number of allylic oxidation sites excluding steroid dienone is 2. The lowest BCUT2D eigenvalue weighted by Crippen LogP contribution is -1.84. The van der Waals surface area contributed by atoms with Gasteiger partial charge in [-0.15, -0.1) is 11.8 Å². The van der Waals surface area contributed by atoms with Gasteiger partial charge in [-0.3, -0.25) is 0 Å². The van der Waals surface area contributed by atoms with Gasteiger partial charge in [-0.05, 0) is 12.2 Å². The summed E-state index contributed by atoms with van der Waals surface area (Å²) in [5.74, 6) is 0.924. The number of rotatable bonds is 10. The zero-order valence-corrected chi connectivity index (χ0v) is 15.6. The molecular weight excluding hydrogens is 365 g/mol. The highest BCUT2D eigenvalue weighted by atomic mass is 35.5. The van der Waals surface area contributed by atoms with E-state index in [1.165, 1.54) is 50.3 Å². The molecule has 0 aliphatic heterocycles. The predicted molar refractivity (Wildman–Crippen MR) is 93.8 cm³/mol. The Kier molecular flexibility index (Phi) is 13.9. The van der Waals surface area contributed by atoms with Crippen LogP contribution >= 0.6 is 69.8 Å². The molecule has 0 bridgehead atoms. The van der Waals surface area contributed by atoms with Crippen LogP contribution in [0.3, 0.4) is 0 Å². The Bertz CT molecular complexity index is 308. The van der Waals surface area contributed by atoms with E-state index >= 15 is 0 Å². The number of unbranched alkanes of at least 4 members (excludes halogenated alkanes) is 6. The van der Waals surface area contributed by atoms with Crippen LogP contribution in [0.1, 0.15) is 51.9 Å². The molecule has 0 saturated heterocycles. The number of thioether (sulfide) groups is 1. The quantitative estimate of drug-likeness (QED) is 0.271. The molecule has 0 spiro atoms. The van der Waals surface area contributed by atoms with Crippen molar-refractivity contribution in [3.8, 4) is 0 Å². The van der Waals surface area contributed by atoms with Crippen LogP contribution in [0.15, 0.2) is 18.9 Å². The lowest BCUT2D eigenvalue weighted by atomic mass is 10.1. The summed E-state index contributed by atoms with van der Waals surface area (Å²) in [5, 5.41) is 0.318. The van der Waals surface area contributed by atoms with Crippen LogP contribution in [0.2, 0.25) is 0 Å². The Morgan fingerprint density at radius 1 is 0.737 bits per heavy atom. The molecule has 0 aromatic carbocycles. The minimum absolute atomic E-state index is 0.0682. The van der Waals surface area contributed by atoms with Crippen LogP contribution in [-0.2, 0) is 0 Å². The Balaban J connectivity index is 3.77. The summed E-state index contributed by atoms with van der Waals surface area (Å²) in [4.78, 5) is 0. The largest absolute Gasteiger partial charge is 0.127 e. The number of hydrogen-bond acceptors (Lipinski definition) is 1. The summed E-state index contributed by atoms with van der Waals surface area (Å²) < 4.78 is 0.373. The first-order valence-electron chi connectivity index (χ1n) is 6.39. The van der Waals surface area contributed by atoms with Crippen molar-refractivity contribution in [3.63, 3.8) is 0 Å². The molecule has 0 saturated carbocycles. The van der Waals surface area contributed by atoms with Crippen molar-refractivity contribution in [1.29, 1.82) is 0 Å². The van der Waals surface area contributed by atoms with Crippen molar-refractivity contribution in [1.82, 2.24) is 0 Å². The third kappa shape index (κ3) is 10.6. The Hall–Kier alpha value is 1.28. The summed E-state index contributed by atoms with van der Waals surface area (Å²) in [6.45, 7) is 2.22. The fraction of sp³-hybridized carbons (Fsp3) is 0.692. The minimum atomic E-state index is -0.0682. The van der Waals surface area contributed by atoms with E-state index in [1.807, 2.05) is 0 Å². The van der Waals surface area contributed by atoms with E-state index in [0.717, 1.165) is 12.2 Å². The summed E-state index contributed by atoms with van der Waals surface area (Å²) in [6, 6.07) is 0. The smallest absolute Gasteiger partial charge is 0.112 e. The second-order valence-corrected chi connectivity index (χ2v) is 7.54. The van der Waals surface area contributed by atoms with Gasteiger partial charge >= 0.3 is 0 Å². The first-order chi connectivity index (χ1) is 9.00. The lowest BCUT2D eigenvalue weighted by molar-refractivity contribution is 0.604. The normalized spacial score (nSPS) is 12.3. The van der Waals surface area contributed by atoms with Crippen molar-refractivity contribution in [2.45, 2.75) is 51.9 Å². The highest BCUT2D eigenvalue weighted by molar-refractivity contribution is 8.04. The third-order valence-corrected chi connectivity index (χ3v) is 5.61. The van der Waals surface area contributed by atoms with E-state index in [-0.39, 0.29) is 14.6 Å². The first-order valence-corrected chi connectivity index (χ1v) is 9.27. The molecule has 0 aromatic rings. The van der Waals surface area contributed by atoms with E-state index in [0.29, 0.717) is 4.36 Å². The SMILES string of the molecule is CCCCCCCCCS/C(Cl)=C(/Cl)C(Cl)=C(Cl)Cl. The van der Waals surface area contributed by atoms with Gasteiger partial charge < -0.3 is 0 Å². The van der Waals surface area contributed by atoms with Crippen LogP contribution in [0.5, 0.6) is 0 Å². The third-order valence-electron chi connectivity index (χ3n) is 2.51. The average molecular weight is 385 g/mol. The van der Waals surface area contributed by atoms with Crippen molar-refractivity contribution in [2.24, 2.45) is 0 Å². The fourth-order valence-corrected chi connectivity index (χ4v) is 3.28. The van der Waals surface area contributed by atoms with Gasteiger partial charge in [0.05, 0.1) is 14.4 Å². The van der Waals surface area contributed by atoms with E-state index in [4.69, 9.17) is 58.0 Å². The molecule has 112 valence electrons. The molecule has 0 N–H and O–H groups in total. The van der Waals surface area contributed by atoms with Crippen LogP contribution < -0.4 is 0 Å². The highest BCUT2D eigenvalue weighted by Crippen LogP contribution is 2.36. The molecule has 0 unspecified atom stereocenters. The van der Waals surface area contributed by atoms with Crippen LogP contribution in [0, 0.1) is 0 Å². The molecular formula is C13H19Cl5S. The Morgan fingerprint density at radius 2 is 1.26 bits per heavy atom. The van der Waals surface area contributed by atoms with E-state index in [9.17, 15) is 0 Å². The molecule has 0 aliphatic carbocycles. The monoisotopic (exact) mass is 382 g/mol. The molecule has 0 heterocycles. The van der Waals surface area contributed by atoms with Gasteiger partial charge in [-0.1, -0.05) is 103 Å². The molecule has 0 amide bonds. The van der Waals surface area contributed by atoms with Crippen molar-refractivity contribution < 1.29 is 0 Å². The van der Waals surface area contributed by atoms with E-state index in [1.54, 1.807) is 0 Å². The summed E-state index contributed by atoms with van der Waals surface area (Å²) in [5.41, 5.74) is 0. The van der Waals surface area contributed by atoms with Crippen LogP contribution in [0.25, 0.3) is 0 Å². The zero-order valence-electron chi connectivity index (χ0n) is 11.0. The molecule has 0 atom stereocenters. The Labute approximate surface area is 145 Å². The molecule has 0 radical (unpaired) electrons. The second kappa shape index (κ2) is 13.0. The van der Waals surface area contributed by atoms with E-state index < -0.39 is 0 Å². The first kappa shape index (κ1) is 20.3. The number of hydrogen-bond donors (Lipinski definition) is 0. The molecule has 0 fully saturated rings. The topological polar surface area (TPSA) is 0 Å². The van der Waals surface area contributed by atoms with Crippen molar-refractivity contribution in [2.75, 3.05) is 5.75 Å². The van der Waals surface area contributed by atoms with Crippen molar-refractivity contribution >= 4 is 69.8 Å². The van der Waals surface area contributed by atoms with E-state index in [2.05, 4.69) is 6.92 Å². The highest BCUT2D eigenvalue weighted by Gasteiger charge is 2.09. The minimum Gasteiger partial charge on any atom is -0.112 e. The fourth-order valence-electron chi connectivity index (χ4n) is 1.45.